The molecule has 0 bridgehead atoms. The monoisotopic (exact) mass is 376 g/mol. The molecule has 1 amide bonds. The summed E-state index contributed by atoms with van der Waals surface area (Å²) in [7, 11) is 0. The molecule has 1 heterocycles. The van der Waals surface area contributed by atoms with Gasteiger partial charge in [-0.2, -0.15) is 0 Å². The van der Waals surface area contributed by atoms with Gasteiger partial charge < -0.3 is 20.1 Å². The van der Waals surface area contributed by atoms with Gasteiger partial charge in [-0.25, -0.2) is 0 Å². The fourth-order valence-corrected chi connectivity index (χ4v) is 3.01. The molecule has 0 aliphatic carbocycles. The largest absolute Gasteiger partial charge is 0.454 e. The van der Waals surface area contributed by atoms with Gasteiger partial charge in [-0.05, 0) is 30.2 Å². The van der Waals surface area contributed by atoms with E-state index in [1.165, 1.54) is 0 Å². The Balaban J connectivity index is 0.00000243. The molecule has 3 rings (SSSR count). The molecule has 2 unspecified atom stereocenters. The molecule has 140 valence electrons. The molecule has 0 spiro atoms. The Morgan fingerprint density at radius 3 is 2.54 bits per heavy atom. The van der Waals surface area contributed by atoms with Gasteiger partial charge in [0.1, 0.15) is 0 Å². The highest BCUT2D eigenvalue weighted by molar-refractivity contribution is 5.85. The standard InChI is InChI=1S/C20H24N2O3.ClH/c1-3-22(12-15-9-10-17-18(11-15)25-13-24-17)20(23)14(2)19(21)16-7-5-4-6-8-16;/h4-11,14,19H,3,12-13,21H2,1-2H3;1H. The van der Waals surface area contributed by atoms with Crippen molar-refractivity contribution < 1.29 is 14.3 Å². The van der Waals surface area contributed by atoms with Gasteiger partial charge in [0, 0.05) is 19.1 Å². The smallest absolute Gasteiger partial charge is 0.231 e. The molecule has 2 aromatic carbocycles. The number of halogens is 1. The van der Waals surface area contributed by atoms with Gasteiger partial charge >= 0.3 is 0 Å². The van der Waals surface area contributed by atoms with E-state index < -0.39 is 0 Å². The zero-order valence-corrected chi connectivity index (χ0v) is 15.9. The summed E-state index contributed by atoms with van der Waals surface area (Å²) in [6, 6.07) is 15.2. The molecule has 0 fully saturated rings. The van der Waals surface area contributed by atoms with Crippen LogP contribution in [0.5, 0.6) is 11.5 Å². The average Bonchev–Trinajstić information content (AvgIpc) is 3.12. The summed E-state index contributed by atoms with van der Waals surface area (Å²) in [6.45, 7) is 5.27. The van der Waals surface area contributed by atoms with E-state index in [1.54, 1.807) is 0 Å². The van der Waals surface area contributed by atoms with Crippen molar-refractivity contribution in [3.8, 4) is 11.5 Å². The molecular weight excluding hydrogens is 352 g/mol. The zero-order valence-electron chi connectivity index (χ0n) is 15.1. The second kappa shape index (κ2) is 8.92. The molecule has 0 radical (unpaired) electrons. The minimum atomic E-state index is -0.320. The predicted molar refractivity (Wildman–Crippen MR) is 103 cm³/mol. The highest BCUT2D eigenvalue weighted by atomic mass is 35.5. The molecule has 2 N–H and O–H groups in total. The van der Waals surface area contributed by atoms with Crippen molar-refractivity contribution in [2.24, 2.45) is 11.7 Å². The lowest BCUT2D eigenvalue weighted by atomic mass is 9.94. The number of carbonyl (C=O) groups is 1. The number of hydrogen-bond acceptors (Lipinski definition) is 4. The van der Waals surface area contributed by atoms with Gasteiger partial charge in [0.15, 0.2) is 11.5 Å². The van der Waals surface area contributed by atoms with Crippen LogP contribution in [0, 0.1) is 5.92 Å². The fraction of sp³-hybridized carbons (Fsp3) is 0.350. The van der Waals surface area contributed by atoms with E-state index >= 15 is 0 Å². The van der Waals surface area contributed by atoms with Crippen LogP contribution >= 0.6 is 12.4 Å². The first-order valence-electron chi connectivity index (χ1n) is 8.58. The van der Waals surface area contributed by atoms with E-state index in [0.717, 1.165) is 22.6 Å². The van der Waals surface area contributed by atoms with Crippen LogP contribution in [0.3, 0.4) is 0 Å². The fourth-order valence-electron chi connectivity index (χ4n) is 3.01. The number of ether oxygens (including phenoxy) is 2. The molecule has 0 saturated carbocycles. The Morgan fingerprint density at radius 2 is 1.85 bits per heavy atom. The van der Waals surface area contributed by atoms with E-state index in [4.69, 9.17) is 15.2 Å². The van der Waals surface area contributed by atoms with E-state index in [1.807, 2.05) is 67.3 Å². The van der Waals surface area contributed by atoms with Crippen LogP contribution in [0.2, 0.25) is 0 Å². The molecule has 5 nitrogen and oxygen atoms in total. The number of hydrogen-bond donors (Lipinski definition) is 1. The van der Waals surface area contributed by atoms with Crippen molar-refractivity contribution >= 4 is 18.3 Å². The third kappa shape index (κ3) is 4.29. The number of nitrogens with two attached hydrogens (primary N) is 1. The third-order valence-electron chi connectivity index (χ3n) is 4.62. The van der Waals surface area contributed by atoms with E-state index in [2.05, 4.69) is 0 Å². The Labute approximate surface area is 160 Å². The Hall–Kier alpha value is -2.24. The van der Waals surface area contributed by atoms with E-state index in [9.17, 15) is 4.79 Å². The Kier molecular flexibility index (Phi) is 6.89. The number of benzene rings is 2. The highest BCUT2D eigenvalue weighted by Crippen LogP contribution is 2.33. The number of amides is 1. The minimum absolute atomic E-state index is 0. The lowest BCUT2D eigenvalue weighted by Gasteiger charge is -2.28. The molecule has 26 heavy (non-hydrogen) atoms. The molecule has 6 heteroatoms. The third-order valence-corrected chi connectivity index (χ3v) is 4.62. The summed E-state index contributed by atoms with van der Waals surface area (Å²) >= 11 is 0. The van der Waals surface area contributed by atoms with Gasteiger partial charge in [-0.3, -0.25) is 4.79 Å². The van der Waals surface area contributed by atoms with Crippen molar-refractivity contribution in [1.29, 1.82) is 0 Å². The van der Waals surface area contributed by atoms with Crippen molar-refractivity contribution in [2.45, 2.75) is 26.4 Å². The van der Waals surface area contributed by atoms with Gasteiger partial charge in [0.25, 0.3) is 0 Å². The summed E-state index contributed by atoms with van der Waals surface area (Å²) in [5.41, 5.74) is 8.30. The normalized spacial score (nSPS) is 14.3. The summed E-state index contributed by atoms with van der Waals surface area (Å²) in [4.78, 5) is 14.7. The van der Waals surface area contributed by atoms with Crippen molar-refractivity contribution in [2.75, 3.05) is 13.3 Å². The number of rotatable bonds is 6. The van der Waals surface area contributed by atoms with Crippen LogP contribution in [-0.4, -0.2) is 24.1 Å². The molecule has 1 aliphatic rings. The van der Waals surface area contributed by atoms with E-state index in [-0.39, 0.29) is 37.1 Å². The van der Waals surface area contributed by atoms with Crippen molar-refractivity contribution in [1.82, 2.24) is 4.90 Å². The van der Waals surface area contributed by atoms with Crippen molar-refractivity contribution in [3.05, 3.63) is 59.7 Å². The highest BCUT2D eigenvalue weighted by Gasteiger charge is 2.26. The van der Waals surface area contributed by atoms with Gasteiger partial charge in [0.2, 0.25) is 12.7 Å². The van der Waals surface area contributed by atoms with Crippen molar-refractivity contribution in [3.63, 3.8) is 0 Å². The molecule has 1 aliphatic heterocycles. The zero-order chi connectivity index (χ0) is 17.8. The molecule has 0 aromatic heterocycles. The quantitative estimate of drug-likeness (QED) is 0.837. The Morgan fingerprint density at radius 1 is 1.15 bits per heavy atom. The topological polar surface area (TPSA) is 64.8 Å². The summed E-state index contributed by atoms with van der Waals surface area (Å²) in [6.07, 6.45) is 0. The number of fused-ring (bicyclic) bond motifs is 1. The summed E-state index contributed by atoms with van der Waals surface area (Å²) in [5, 5.41) is 0. The lowest BCUT2D eigenvalue weighted by Crippen LogP contribution is -2.38. The maximum atomic E-state index is 12.9. The van der Waals surface area contributed by atoms with Gasteiger partial charge in [0.05, 0.1) is 5.92 Å². The second-order valence-corrected chi connectivity index (χ2v) is 6.27. The minimum Gasteiger partial charge on any atom is -0.454 e. The van der Waals surface area contributed by atoms with Crippen LogP contribution in [0.1, 0.15) is 31.0 Å². The SMILES string of the molecule is CCN(Cc1ccc2c(c1)OCO2)C(=O)C(C)C(N)c1ccccc1.Cl. The first-order chi connectivity index (χ1) is 12.1. The van der Waals surface area contributed by atoms with Crippen LogP contribution in [-0.2, 0) is 11.3 Å². The molecule has 2 aromatic rings. The molecular formula is C20H25ClN2O3. The van der Waals surface area contributed by atoms with Gasteiger partial charge in [-0.1, -0.05) is 43.3 Å². The maximum Gasteiger partial charge on any atom is 0.231 e. The summed E-state index contributed by atoms with van der Waals surface area (Å²) in [5.74, 6) is 1.24. The van der Waals surface area contributed by atoms with Crippen LogP contribution < -0.4 is 15.2 Å². The van der Waals surface area contributed by atoms with E-state index in [0.29, 0.717) is 13.1 Å². The number of carbonyl (C=O) groups excluding carboxylic acids is 1. The van der Waals surface area contributed by atoms with Crippen LogP contribution in [0.4, 0.5) is 0 Å². The summed E-state index contributed by atoms with van der Waals surface area (Å²) < 4.78 is 10.7. The first kappa shape index (κ1) is 20.1. The second-order valence-electron chi connectivity index (χ2n) is 6.27. The van der Waals surface area contributed by atoms with Crippen LogP contribution in [0.25, 0.3) is 0 Å². The first-order valence-corrected chi connectivity index (χ1v) is 8.58. The number of nitrogens with zero attached hydrogens (tertiary/aromatic N) is 1. The lowest BCUT2D eigenvalue weighted by molar-refractivity contribution is -0.136. The predicted octanol–water partition coefficient (Wildman–Crippen LogP) is 3.52. The molecule has 0 saturated heterocycles. The Bertz CT molecular complexity index is 739. The van der Waals surface area contributed by atoms with Gasteiger partial charge in [-0.15, -0.1) is 12.4 Å². The van der Waals surface area contributed by atoms with Crippen LogP contribution in [0.15, 0.2) is 48.5 Å². The molecule has 2 atom stereocenters. The average molecular weight is 377 g/mol. The maximum absolute atomic E-state index is 12.9.